The van der Waals surface area contributed by atoms with Gasteiger partial charge in [0, 0.05) is 19.0 Å². The molecule has 0 amide bonds. The van der Waals surface area contributed by atoms with Crippen LogP contribution < -0.4 is 10.6 Å². The van der Waals surface area contributed by atoms with E-state index < -0.39 is 0 Å². The van der Waals surface area contributed by atoms with Crippen molar-refractivity contribution in [2.75, 3.05) is 20.1 Å². The number of likely N-dealkylation sites (N-methyl/N-ethyl adjacent to an activating group) is 1. The summed E-state index contributed by atoms with van der Waals surface area (Å²) in [6, 6.07) is 15.6. The van der Waals surface area contributed by atoms with E-state index in [2.05, 4.69) is 55.5 Å². The Labute approximate surface area is 208 Å². The SMILES string of the molecule is C=Nc1c(Br)cnn1/C(=C\Cc1ccccc1O)NCCNC.O=CC1Cc2ccccc2C1. The van der Waals surface area contributed by atoms with Crippen LogP contribution in [0, 0.1) is 5.92 Å². The summed E-state index contributed by atoms with van der Waals surface area (Å²) < 4.78 is 2.46. The summed E-state index contributed by atoms with van der Waals surface area (Å²) in [7, 11) is 1.90. The van der Waals surface area contributed by atoms with E-state index in [1.807, 2.05) is 37.4 Å². The van der Waals surface area contributed by atoms with Crippen molar-refractivity contribution >= 4 is 40.6 Å². The Hall–Kier alpha value is -3.23. The van der Waals surface area contributed by atoms with E-state index in [-0.39, 0.29) is 11.7 Å². The number of carbonyl (C=O) groups is 1. The minimum absolute atomic E-state index is 0.243. The van der Waals surface area contributed by atoms with Gasteiger partial charge < -0.3 is 20.5 Å². The molecule has 1 aromatic heterocycles. The molecule has 0 aliphatic heterocycles. The first-order valence-electron chi connectivity index (χ1n) is 11.2. The fourth-order valence-corrected chi connectivity index (χ4v) is 4.15. The largest absolute Gasteiger partial charge is 0.508 e. The number of hydrogen-bond donors (Lipinski definition) is 3. The molecule has 0 bridgehead atoms. The summed E-state index contributed by atoms with van der Waals surface area (Å²) in [6.07, 6.45) is 7.18. The first-order chi connectivity index (χ1) is 16.6. The molecule has 1 heterocycles. The van der Waals surface area contributed by atoms with Crippen molar-refractivity contribution in [3.8, 4) is 5.75 Å². The lowest BCUT2D eigenvalue weighted by Gasteiger charge is -2.13. The number of para-hydroxylation sites is 1. The lowest BCUT2D eigenvalue weighted by atomic mass is 10.1. The third-order valence-corrected chi connectivity index (χ3v) is 6.10. The fraction of sp³-hybridized carbons (Fsp3) is 0.269. The molecule has 0 saturated carbocycles. The third-order valence-electron chi connectivity index (χ3n) is 5.54. The van der Waals surface area contributed by atoms with Crippen LogP contribution in [0.3, 0.4) is 0 Å². The zero-order valence-corrected chi connectivity index (χ0v) is 20.8. The molecule has 0 atom stereocenters. The van der Waals surface area contributed by atoms with E-state index in [1.165, 1.54) is 11.1 Å². The predicted octanol–water partition coefficient (Wildman–Crippen LogP) is 4.13. The van der Waals surface area contributed by atoms with Crippen molar-refractivity contribution in [3.63, 3.8) is 0 Å². The molecule has 178 valence electrons. The first-order valence-corrected chi connectivity index (χ1v) is 11.9. The third kappa shape index (κ3) is 6.65. The molecule has 34 heavy (non-hydrogen) atoms. The van der Waals surface area contributed by atoms with Crippen LogP contribution in [0.15, 0.2) is 70.3 Å². The van der Waals surface area contributed by atoms with E-state index in [1.54, 1.807) is 23.0 Å². The van der Waals surface area contributed by atoms with Crippen LogP contribution in [0.2, 0.25) is 0 Å². The maximum Gasteiger partial charge on any atom is 0.171 e. The zero-order valence-electron chi connectivity index (χ0n) is 19.2. The second kappa shape index (κ2) is 12.9. The molecule has 3 aromatic rings. The molecule has 0 radical (unpaired) electrons. The number of aldehydes is 1. The van der Waals surface area contributed by atoms with Gasteiger partial charge in [0.1, 0.15) is 17.9 Å². The second-order valence-electron chi connectivity index (χ2n) is 7.91. The second-order valence-corrected chi connectivity index (χ2v) is 8.77. The number of phenolic OH excluding ortho intramolecular Hbond substituents is 1. The van der Waals surface area contributed by atoms with E-state index in [0.717, 1.165) is 48.1 Å². The molecular weight excluding hydrogens is 494 g/mol. The van der Waals surface area contributed by atoms with Crippen LogP contribution in [0.5, 0.6) is 5.75 Å². The van der Waals surface area contributed by atoms with Gasteiger partial charge >= 0.3 is 0 Å². The lowest BCUT2D eigenvalue weighted by Crippen LogP contribution is -2.26. The number of aromatic nitrogens is 2. The Morgan fingerprint density at radius 1 is 1.21 bits per heavy atom. The number of aromatic hydroxyl groups is 1. The number of nitrogens with zero attached hydrogens (tertiary/aromatic N) is 3. The molecular formula is C26H30BrN5O2. The number of phenols is 1. The van der Waals surface area contributed by atoms with Gasteiger partial charge in [-0.1, -0.05) is 42.5 Å². The van der Waals surface area contributed by atoms with Crippen LogP contribution in [-0.4, -0.2) is 48.0 Å². The number of nitrogens with one attached hydrogen (secondary N) is 2. The first kappa shape index (κ1) is 25.4. The van der Waals surface area contributed by atoms with Crippen LogP contribution in [0.25, 0.3) is 5.82 Å². The quantitative estimate of drug-likeness (QED) is 0.223. The van der Waals surface area contributed by atoms with Gasteiger partial charge in [-0.2, -0.15) is 9.78 Å². The molecule has 0 fully saturated rings. The highest BCUT2D eigenvalue weighted by molar-refractivity contribution is 9.10. The summed E-state index contributed by atoms with van der Waals surface area (Å²) in [5.74, 6) is 1.94. The molecule has 3 N–H and O–H groups in total. The van der Waals surface area contributed by atoms with Gasteiger partial charge in [-0.05, 0) is 77.8 Å². The van der Waals surface area contributed by atoms with Gasteiger partial charge in [-0.25, -0.2) is 4.99 Å². The molecule has 2 aromatic carbocycles. The number of rotatable bonds is 9. The molecule has 4 rings (SSSR count). The molecule has 1 aliphatic rings. The number of fused-ring (bicyclic) bond motifs is 1. The van der Waals surface area contributed by atoms with Gasteiger partial charge in [0.2, 0.25) is 0 Å². The number of carbonyl (C=O) groups excluding carboxylic acids is 1. The van der Waals surface area contributed by atoms with E-state index in [0.29, 0.717) is 12.2 Å². The highest BCUT2D eigenvalue weighted by atomic mass is 79.9. The Kier molecular flexibility index (Phi) is 9.61. The van der Waals surface area contributed by atoms with E-state index >= 15 is 0 Å². The molecule has 0 unspecified atom stereocenters. The number of allylic oxidation sites excluding steroid dienone is 1. The number of halogens is 1. The monoisotopic (exact) mass is 523 g/mol. The Morgan fingerprint density at radius 3 is 2.50 bits per heavy atom. The van der Waals surface area contributed by atoms with Crippen LogP contribution in [0.4, 0.5) is 5.82 Å². The van der Waals surface area contributed by atoms with Crippen molar-refractivity contribution in [2.24, 2.45) is 10.9 Å². The smallest absolute Gasteiger partial charge is 0.171 e. The molecule has 0 saturated heterocycles. The Morgan fingerprint density at radius 2 is 1.88 bits per heavy atom. The van der Waals surface area contributed by atoms with Crippen LogP contribution >= 0.6 is 15.9 Å². The van der Waals surface area contributed by atoms with E-state index in [4.69, 9.17) is 0 Å². The lowest BCUT2D eigenvalue weighted by molar-refractivity contribution is -0.110. The summed E-state index contributed by atoms with van der Waals surface area (Å²) in [6.45, 7) is 5.13. The van der Waals surface area contributed by atoms with Crippen LogP contribution in [-0.2, 0) is 24.1 Å². The average molecular weight is 524 g/mol. The Balaban J connectivity index is 0.000000243. The summed E-state index contributed by atoms with van der Waals surface area (Å²) >= 11 is 3.41. The maximum absolute atomic E-state index is 10.5. The molecule has 8 heteroatoms. The standard InChI is InChI=1S/C16H20BrN5O.C10H10O/c1-18-9-10-20-15(22-16(19-2)13(17)11-21-22)8-7-12-5-3-4-6-14(12)23;11-7-8-5-9-3-1-2-4-10(9)6-8/h3-6,8,11,18,20,23H,2,7,9-10H2,1H3;1-4,7-8H,5-6H2/b15-8-;. The number of aliphatic imine (C=N–C) groups is 1. The van der Waals surface area contributed by atoms with Gasteiger partial charge in [-0.15, -0.1) is 0 Å². The van der Waals surface area contributed by atoms with Gasteiger partial charge in [0.15, 0.2) is 5.82 Å². The topological polar surface area (TPSA) is 91.5 Å². The number of hydrogen-bond acceptors (Lipinski definition) is 6. The summed E-state index contributed by atoms with van der Waals surface area (Å²) in [5, 5.41) is 20.6. The average Bonchev–Trinajstić information content (AvgIpc) is 3.45. The molecule has 0 spiro atoms. The molecule has 1 aliphatic carbocycles. The van der Waals surface area contributed by atoms with Crippen molar-refractivity contribution in [2.45, 2.75) is 19.3 Å². The predicted molar refractivity (Wildman–Crippen MR) is 141 cm³/mol. The highest BCUT2D eigenvalue weighted by Crippen LogP contribution is 2.27. The maximum atomic E-state index is 10.5. The summed E-state index contributed by atoms with van der Waals surface area (Å²) in [5.41, 5.74) is 3.55. The highest BCUT2D eigenvalue weighted by Gasteiger charge is 2.19. The van der Waals surface area contributed by atoms with Crippen molar-refractivity contribution in [3.05, 3.63) is 82.0 Å². The normalized spacial score (nSPS) is 13.1. The van der Waals surface area contributed by atoms with Crippen molar-refractivity contribution in [1.29, 1.82) is 0 Å². The molecule has 7 nitrogen and oxygen atoms in total. The van der Waals surface area contributed by atoms with Gasteiger partial charge in [-0.3, -0.25) is 0 Å². The van der Waals surface area contributed by atoms with Crippen LogP contribution in [0.1, 0.15) is 16.7 Å². The summed E-state index contributed by atoms with van der Waals surface area (Å²) in [4.78, 5) is 14.5. The van der Waals surface area contributed by atoms with Crippen molar-refractivity contribution < 1.29 is 9.90 Å². The van der Waals surface area contributed by atoms with E-state index in [9.17, 15) is 9.90 Å². The minimum Gasteiger partial charge on any atom is -0.508 e. The van der Waals surface area contributed by atoms with Gasteiger partial charge in [0.05, 0.1) is 10.7 Å². The zero-order chi connectivity index (χ0) is 24.3. The van der Waals surface area contributed by atoms with Gasteiger partial charge in [0.25, 0.3) is 0 Å². The van der Waals surface area contributed by atoms with Crippen molar-refractivity contribution in [1.82, 2.24) is 20.4 Å². The minimum atomic E-state index is 0.243. The Bertz CT molecular complexity index is 1120. The fourth-order valence-electron chi connectivity index (χ4n) is 3.77. The number of benzene rings is 2.